The minimum Gasteiger partial charge on any atom is -0.443 e. The molecule has 0 bridgehead atoms. The summed E-state index contributed by atoms with van der Waals surface area (Å²) in [6, 6.07) is 4.58. The molecule has 0 N–H and O–H groups in total. The summed E-state index contributed by atoms with van der Waals surface area (Å²) in [7, 11) is 0. The van der Waals surface area contributed by atoms with Crippen LogP contribution < -0.4 is 5.56 Å². The SMILES string of the molecule is CC1(OC(=O)n2ccccc2=O)CCCC1. The van der Waals surface area contributed by atoms with E-state index in [1.54, 1.807) is 12.1 Å². The first-order chi connectivity index (χ1) is 7.61. The van der Waals surface area contributed by atoms with Gasteiger partial charge in [-0.2, -0.15) is 0 Å². The van der Waals surface area contributed by atoms with Gasteiger partial charge in [0.05, 0.1) is 0 Å². The van der Waals surface area contributed by atoms with Crippen molar-refractivity contribution >= 4 is 6.09 Å². The lowest BCUT2D eigenvalue weighted by molar-refractivity contribution is 0.0307. The number of rotatable bonds is 1. The van der Waals surface area contributed by atoms with Gasteiger partial charge in [-0.05, 0) is 38.7 Å². The van der Waals surface area contributed by atoms with Gasteiger partial charge in [0.1, 0.15) is 5.60 Å². The van der Waals surface area contributed by atoms with Crippen molar-refractivity contribution < 1.29 is 9.53 Å². The zero-order chi connectivity index (χ0) is 11.6. The summed E-state index contributed by atoms with van der Waals surface area (Å²) < 4.78 is 6.39. The van der Waals surface area contributed by atoms with Crippen molar-refractivity contribution in [2.24, 2.45) is 0 Å². The fraction of sp³-hybridized carbons (Fsp3) is 0.500. The fourth-order valence-electron chi connectivity index (χ4n) is 2.06. The molecule has 16 heavy (non-hydrogen) atoms. The van der Waals surface area contributed by atoms with Gasteiger partial charge >= 0.3 is 6.09 Å². The van der Waals surface area contributed by atoms with Crippen LogP contribution in [0.5, 0.6) is 0 Å². The second-order valence-corrected chi connectivity index (χ2v) is 4.43. The van der Waals surface area contributed by atoms with Gasteiger partial charge in [0.25, 0.3) is 5.56 Å². The number of carbonyl (C=O) groups is 1. The maximum Gasteiger partial charge on any atom is 0.421 e. The summed E-state index contributed by atoms with van der Waals surface area (Å²) in [5.41, 5.74) is -0.749. The maximum atomic E-state index is 11.8. The Hall–Kier alpha value is -1.58. The van der Waals surface area contributed by atoms with Gasteiger partial charge in [-0.15, -0.1) is 0 Å². The normalized spacial score (nSPS) is 18.3. The molecule has 2 rings (SSSR count). The molecular weight excluding hydrogens is 206 g/mol. The second kappa shape index (κ2) is 4.12. The fourth-order valence-corrected chi connectivity index (χ4v) is 2.06. The first-order valence-corrected chi connectivity index (χ1v) is 5.52. The van der Waals surface area contributed by atoms with Crippen molar-refractivity contribution in [1.82, 2.24) is 4.57 Å². The Labute approximate surface area is 93.8 Å². The van der Waals surface area contributed by atoms with Crippen LogP contribution in [0.1, 0.15) is 32.6 Å². The number of carbonyl (C=O) groups excluding carboxylic acids is 1. The molecule has 0 unspecified atom stereocenters. The lowest BCUT2D eigenvalue weighted by atomic mass is 10.1. The predicted molar refractivity (Wildman–Crippen MR) is 59.5 cm³/mol. The van der Waals surface area contributed by atoms with Crippen LogP contribution in [0, 0.1) is 0 Å². The first kappa shape index (κ1) is 10.9. The van der Waals surface area contributed by atoms with Crippen molar-refractivity contribution in [1.29, 1.82) is 0 Å². The number of hydrogen-bond donors (Lipinski definition) is 0. The quantitative estimate of drug-likeness (QED) is 0.730. The molecule has 0 amide bonds. The Kier molecular flexibility index (Phi) is 2.81. The molecule has 1 aliphatic rings. The Balaban J connectivity index is 2.15. The summed E-state index contributed by atoms with van der Waals surface area (Å²) in [5, 5.41) is 0. The molecule has 0 aromatic carbocycles. The Bertz CT molecular complexity index is 444. The first-order valence-electron chi connectivity index (χ1n) is 5.52. The van der Waals surface area contributed by atoms with Gasteiger partial charge in [0, 0.05) is 12.3 Å². The number of pyridine rings is 1. The molecular formula is C12H15NO3. The number of ether oxygens (including phenoxy) is 1. The third-order valence-electron chi connectivity index (χ3n) is 3.01. The third kappa shape index (κ3) is 2.15. The lowest BCUT2D eigenvalue weighted by Crippen LogP contribution is -2.34. The van der Waals surface area contributed by atoms with E-state index >= 15 is 0 Å². The van der Waals surface area contributed by atoms with Crippen LogP contribution in [-0.4, -0.2) is 16.3 Å². The standard InChI is InChI=1S/C12H15NO3/c1-12(7-3-4-8-12)16-11(15)13-9-5-2-6-10(13)14/h2,5-6,9H,3-4,7-8H2,1H3. The molecule has 0 aliphatic heterocycles. The van der Waals surface area contributed by atoms with Crippen LogP contribution in [0.15, 0.2) is 29.2 Å². The largest absolute Gasteiger partial charge is 0.443 e. The van der Waals surface area contributed by atoms with E-state index in [2.05, 4.69) is 0 Å². The smallest absolute Gasteiger partial charge is 0.421 e. The third-order valence-corrected chi connectivity index (χ3v) is 3.01. The molecule has 0 radical (unpaired) electrons. The van der Waals surface area contributed by atoms with Crippen LogP contribution in [0.4, 0.5) is 4.79 Å². The minimum absolute atomic E-state index is 0.353. The molecule has 86 valence electrons. The van der Waals surface area contributed by atoms with Gasteiger partial charge in [-0.3, -0.25) is 4.79 Å². The van der Waals surface area contributed by atoms with Gasteiger partial charge < -0.3 is 4.74 Å². The number of aromatic nitrogens is 1. The van der Waals surface area contributed by atoms with Crippen LogP contribution >= 0.6 is 0 Å². The summed E-state index contributed by atoms with van der Waals surface area (Å²) in [4.78, 5) is 23.2. The van der Waals surface area contributed by atoms with Gasteiger partial charge in [-0.25, -0.2) is 9.36 Å². The molecule has 1 saturated carbocycles. The molecule has 0 atom stereocenters. The molecule has 4 nitrogen and oxygen atoms in total. The topological polar surface area (TPSA) is 48.3 Å². The summed E-state index contributed by atoms with van der Waals surface area (Å²) in [5.74, 6) is 0. The number of nitrogens with zero attached hydrogens (tertiary/aromatic N) is 1. The average Bonchev–Trinajstić information content (AvgIpc) is 2.65. The van der Waals surface area contributed by atoms with E-state index in [4.69, 9.17) is 4.74 Å². The van der Waals surface area contributed by atoms with Crippen LogP contribution in [0.3, 0.4) is 0 Å². The van der Waals surface area contributed by atoms with E-state index in [9.17, 15) is 9.59 Å². The van der Waals surface area contributed by atoms with Crippen LogP contribution in [0.25, 0.3) is 0 Å². The van der Waals surface area contributed by atoms with Gasteiger partial charge in [0.15, 0.2) is 0 Å². The highest BCUT2D eigenvalue weighted by molar-refractivity contribution is 5.70. The highest BCUT2D eigenvalue weighted by Gasteiger charge is 2.33. The lowest BCUT2D eigenvalue weighted by Gasteiger charge is -2.23. The Morgan fingerprint density at radius 3 is 2.69 bits per heavy atom. The molecule has 1 aromatic rings. The van der Waals surface area contributed by atoms with Crippen LogP contribution in [0.2, 0.25) is 0 Å². The average molecular weight is 221 g/mol. The van der Waals surface area contributed by atoms with Crippen LogP contribution in [-0.2, 0) is 4.74 Å². The van der Waals surface area contributed by atoms with E-state index in [1.165, 1.54) is 12.3 Å². The predicted octanol–water partition coefficient (Wildman–Crippen LogP) is 2.17. The van der Waals surface area contributed by atoms with Crippen molar-refractivity contribution in [3.05, 3.63) is 34.7 Å². The van der Waals surface area contributed by atoms with Gasteiger partial charge in [-0.1, -0.05) is 6.07 Å². The monoisotopic (exact) mass is 221 g/mol. The molecule has 1 fully saturated rings. The van der Waals surface area contributed by atoms with Crippen molar-refractivity contribution in [3.63, 3.8) is 0 Å². The maximum absolute atomic E-state index is 11.8. The molecule has 1 heterocycles. The molecule has 0 saturated heterocycles. The zero-order valence-corrected chi connectivity index (χ0v) is 9.31. The van der Waals surface area contributed by atoms with E-state index in [1.807, 2.05) is 6.92 Å². The Morgan fingerprint density at radius 1 is 1.38 bits per heavy atom. The molecule has 4 heteroatoms. The summed E-state index contributed by atoms with van der Waals surface area (Å²) >= 11 is 0. The summed E-state index contributed by atoms with van der Waals surface area (Å²) in [6.07, 6.45) is 4.76. The Morgan fingerprint density at radius 2 is 2.06 bits per heavy atom. The van der Waals surface area contributed by atoms with Gasteiger partial charge in [0.2, 0.25) is 0 Å². The highest BCUT2D eigenvalue weighted by atomic mass is 16.6. The van der Waals surface area contributed by atoms with E-state index < -0.39 is 11.7 Å². The molecule has 1 aliphatic carbocycles. The van der Waals surface area contributed by atoms with Crippen molar-refractivity contribution in [2.75, 3.05) is 0 Å². The number of hydrogen-bond acceptors (Lipinski definition) is 3. The highest BCUT2D eigenvalue weighted by Crippen LogP contribution is 2.32. The van der Waals surface area contributed by atoms with E-state index in [0.29, 0.717) is 0 Å². The van der Waals surface area contributed by atoms with Crippen molar-refractivity contribution in [2.45, 2.75) is 38.2 Å². The minimum atomic E-state index is -0.574. The zero-order valence-electron chi connectivity index (χ0n) is 9.31. The molecule has 0 spiro atoms. The van der Waals surface area contributed by atoms with Crippen molar-refractivity contribution in [3.8, 4) is 0 Å². The summed E-state index contributed by atoms with van der Waals surface area (Å²) in [6.45, 7) is 1.92. The second-order valence-electron chi connectivity index (χ2n) is 4.43. The van der Waals surface area contributed by atoms with E-state index in [-0.39, 0.29) is 5.56 Å². The molecule has 1 aromatic heterocycles. The van der Waals surface area contributed by atoms with E-state index in [0.717, 1.165) is 30.3 Å².